The molecule has 3 heteroatoms. The zero-order valence-electron chi connectivity index (χ0n) is 15.4. The van der Waals surface area contributed by atoms with Gasteiger partial charge in [-0.2, -0.15) is 0 Å². The standard InChI is InChI=1S/C22H30N2O/c1-3-4-5-7-12-20(19-10-8-6-9-11-19)17-23-22(25)24-21-15-13-18(2)14-16-21/h6,8-11,13-16,20H,3-5,7,12,17H2,1-2H3,(H2,23,24,25). The van der Waals surface area contributed by atoms with Crippen LogP contribution in [0.5, 0.6) is 0 Å². The van der Waals surface area contributed by atoms with Gasteiger partial charge < -0.3 is 10.6 Å². The molecular weight excluding hydrogens is 308 g/mol. The Balaban J connectivity index is 1.87. The Morgan fingerprint density at radius 1 is 0.960 bits per heavy atom. The quantitative estimate of drug-likeness (QED) is 0.551. The fraction of sp³-hybridized carbons (Fsp3) is 0.409. The molecule has 2 aromatic rings. The largest absolute Gasteiger partial charge is 0.337 e. The number of hydrogen-bond donors (Lipinski definition) is 2. The van der Waals surface area contributed by atoms with E-state index in [-0.39, 0.29) is 6.03 Å². The molecule has 0 heterocycles. The van der Waals surface area contributed by atoms with Gasteiger partial charge in [-0.1, -0.05) is 80.6 Å². The fourth-order valence-corrected chi connectivity index (χ4v) is 2.96. The predicted octanol–water partition coefficient (Wildman–Crippen LogP) is 5.87. The third-order valence-electron chi connectivity index (χ3n) is 4.50. The van der Waals surface area contributed by atoms with Gasteiger partial charge in [0.25, 0.3) is 0 Å². The van der Waals surface area contributed by atoms with Crippen LogP contribution in [-0.4, -0.2) is 12.6 Å². The molecule has 0 aliphatic heterocycles. The maximum Gasteiger partial charge on any atom is 0.319 e. The van der Waals surface area contributed by atoms with Crippen molar-refractivity contribution in [3.63, 3.8) is 0 Å². The Morgan fingerprint density at radius 2 is 1.68 bits per heavy atom. The summed E-state index contributed by atoms with van der Waals surface area (Å²) in [7, 11) is 0. The summed E-state index contributed by atoms with van der Waals surface area (Å²) in [5.41, 5.74) is 3.30. The molecule has 2 rings (SSSR count). The van der Waals surface area contributed by atoms with E-state index in [1.165, 1.54) is 36.8 Å². The number of carbonyl (C=O) groups is 1. The van der Waals surface area contributed by atoms with Gasteiger partial charge in [-0.05, 0) is 31.0 Å². The van der Waals surface area contributed by atoms with E-state index in [4.69, 9.17) is 0 Å². The Morgan fingerprint density at radius 3 is 2.36 bits per heavy atom. The first-order chi connectivity index (χ1) is 12.2. The molecule has 3 nitrogen and oxygen atoms in total. The number of unbranched alkanes of at least 4 members (excludes halogenated alkanes) is 3. The van der Waals surface area contributed by atoms with Crippen LogP contribution in [0.3, 0.4) is 0 Å². The van der Waals surface area contributed by atoms with Crippen LogP contribution < -0.4 is 10.6 Å². The molecule has 134 valence electrons. The van der Waals surface area contributed by atoms with Crippen molar-refractivity contribution in [2.75, 3.05) is 11.9 Å². The summed E-state index contributed by atoms with van der Waals surface area (Å²) in [5.74, 6) is 0.363. The predicted molar refractivity (Wildman–Crippen MR) is 106 cm³/mol. The average molecular weight is 338 g/mol. The maximum atomic E-state index is 12.2. The van der Waals surface area contributed by atoms with Gasteiger partial charge in [-0.25, -0.2) is 4.79 Å². The zero-order valence-corrected chi connectivity index (χ0v) is 15.4. The van der Waals surface area contributed by atoms with Crippen molar-refractivity contribution in [2.45, 2.75) is 51.9 Å². The van der Waals surface area contributed by atoms with Gasteiger partial charge in [0.1, 0.15) is 0 Å². The second-order valence-corrected chi connectivity index (χ2v) is 6.66. The van der Waals surface area contributed by atoms with Crippen LogP contribution in [-0.2, 0) is 0 Å². The van der Waals surface area contributed by atoms with Crippen molar-refractivity contribution < 1.29 is 4.79 Å². The Labute approximate surface area is 151 Å². The topological polar surface area (TPSA) is 41.1 Å². The summed E-state index contributed by atoms with van der Waals surface area (Å²) in [4.78, 5) is 12.2. The lowest BCUT2D eigenvalue weighted by Gasteiger charge is -2.18. The zero-order chi connectivity index (χ0) is 17.9. The van der Waals surface area contributed by atoms with Crippen LogP contribution in [0.1, 0.15) is 56.1 Å². The molecule has 0 aliphatic rings. The Bertz CT molecular complexity index is 622. The molecule has 25 heavy (non-hydrogen) atoms. The third-order valence-corrected chi connectivity index (χ3v) is 4.50. The lowest BCUT2D eigenvalue weighted by atomic mass is 9.93. The highest BCUT2D eigenvalue weighted by atomic mass is 16.2. The van der Waals surface area contributed by atoms with Gasteiger partial charge in [0.2, 0.25) is 0 Å². The molecule has 1 unspecified atom stereocenters. The highest BCUT2D eigenvalue weighted by Crippen LogP contribution is 2.22. The smallest absolute Gasteiger partial charge is 0.319 e. The average Bonchev–Trinajstić information content (AvgIpc) is 2.64. The summed E-state index contributed by atoms with van der Waals surface area (Å²) < 4.78 is 0. The number of hydrogen-bond acceptors (Lipinski definition) is 1. The van der Waals surface area contributed by atoms with Crippen molar-refractivity contribution in [2.24, 2.45) is 0 Å². The summed E-state index contributed by atoms with van der Waals surface area (Å²) in [6.45, 7) is 4.92. The van der Waals surface area contributed by atoms with Crippen LogP contribution in [0.25, 0.3) is 0 Å². The molecule has 0 radical (unpaired) electrons. The minimum absolute atomic E-state index is 0.140. The molecule has 2 aromatic carbocycles. The molecule has 1 atom stereocenters. The van der Waals surface area contributed by atoms with E-state index in [1.54, 1.807) is 0 Å². The number of aryl methyl sites for hydroxylation is 1. The van der Waals surface area contributed by atoms with E-state index in [0.717, 1.165) is 12.1 Å². The molecule has 0 aromatic heterocycles. The summed E-state index contributed by atoms with van der Waals surface area (Å²) in [6, 6.07) is 18.2. The molecule has 0 saturated carbocycles. The van der Waals surface area contributed by atoms with Crippen molar-refractivity contribution >= 4 is 11.7 Å². The number of benzene rings is 2. The number of urea groups is 1. The Hall–Kier alpha value is -2.29. The number of amides is 2. The van der Waals surface area contributed by atoms with E-state index < -0.39 is 0 Å². The molecule has 0 aliphatic carbocycles. The second-order valence-electron chi connectivity index (χ2n) is 6.66. The van der Waals surface area contributed by atoms with E-state index in [9.17, 15) is 4.79 Å². The normalized spacial score (nSPS) is 11.8. The van der Waals surface area contributed by atoms with E-state index in [1.807, 2.05) is 37.3 Å². The number of carbonyl (C=O) groups excluding carboxylic acids is 1. The van der Waals surface area contributed by atoms with Gasteiger partial charge in [-0.15, -0.1) is 0 Å². The van der Waals surface area contributed by atoms with Crippen molar-refractivity contribution in [3.05, 3.63) is 65.7 Å². The van der Waals surface area contributed by atoms with Gasteiger partial charge >= 0.3 is 6.03 Å². The van der Waals surface area contributed by atoms with Gasteiger partial charge in [-0.3, -0.25) is 0 Å². The molecule has 0 fully saturated rings. The number of nitrogens with one attached hydrogen (secondary N) is 2. The van der Waals surface area contributed by atoms with Crippen molar-refractivity contribution in [1.29, 1.82) is 0 Å². The molecule has 0 spiro atoms. The van der Waals surface area contributed by atoms with Crippen molar-refractivity contribution in [1.82, 2.24) is 5.32 Å². The monoisotopic (exact) mass is 338 g/mol. The number of anilines is 1. The minimum atomic E-state index is -0.140. The highest BCUT2D eigenvalue weighted by molar-refractivity contribution is 5.89. The van der Waals surface area contributed by atoms with Crippen LogP contribution in [0.15, 0.2) is 54.6 Å². The van der Waals surface area contributed by atoms with E-state index in [2.05, 4.69) is 41.8 Å². The molecule has 0 bridgehead atoms. The van der Waals surface area contributed by atoms with Gasteiger partial charge in [0.05, 0.1) is 0 Å². The molecular formula is C22H30N2O. The summed E-state index contributed by atoms with van der Waals surface area (Å²) >= 11 is 0. The molecule has 0 saturated heterocycles. The van der Waals surface area contributed by atoms with Crippen molar-refractivity contribution in [3.8, 4) is 0 Å². The SMILES string of the molecule is CCCCCCC(CNC(=O)Nc1ccc(C)cc1)c1ccccc1. The highest BCUT2D eigenvalue weighted by Gasteiger charge is 2.12. The van der Waals surface area contributed by atoms with Crippen LogP contribution >= 0.6 is 0 Å². The van der Waals surface area contributed by atoms with Crippen LogP contribution in [0.4, 0.5) is 10.5 Å². The third kappa shape index (κ3) is 7.00. The first kappa shape index (κ1) is 19.0. The lowest BCUT2D eigenvalue weighted by Crippen LogP contribution is -2.32. The van der Waals surface area contributed by atoms with Crippen LogP contribution in [0, 0.1) is 6.92 Å². The summed E-state index contributed by atoms with van der Waals surface area (Å²) in [5, 5.41) is 5.94. The molecule has 2 N–H and O–H groups in total. The van der Waals surface area contributed by atoms with E-state index in [0.29, 0.717) is 12.5 Å². The Kier molecular flexibility index (Phi) is 8.03. The van der Waals surface area contributed by atoms with Gasteiger partial charge in [0.15, 0.2) is 0 Å². The second kappa shape index (κ2) is 10.5. The first-order valence-electron chi connectivity index (χ1n) is 9.35. The first-order valence-corrected chi connectivity index (χ1v) is 9.35. The van der Waals surface area contributed by atoms with Gasteiger partial charge in [0, 0.05) is 18.2 Å². The number of rotatable bonds is 9. The van der Waals surface area contributed by atoms with E-state index >= 15 is 0 Å². The van der Waals surface area contributed by atoms with Crippen LogP contribution in [0.2, 0.25) is 0 Å². The maximum absolute atomic E-state index is 12.2. The lowest BCUT2D eigenvalue weighted by molar-refractivity contribution is 0.251. The molecule has 2 amide bonds. The minimum Gasteiger partial charge on any atom is -0.337 e. The fourth-order valence-electron chi connectivity index (χ4n) is 2.96. The summed E-state index contributed by atoms with van der Waals surface area (Å²) in [6.07, 6.45) is 6.09.